The van der Waals surface area contributed by atoms with Crippen molar-refractivity contribution < 1.29 is 9.53 Å². The molecule has 0 spiro atoms. The van der Waals surface area contributed by atoms with Crippen LogP contribution in [0.3, 0.4) is 0 Å². The zero-order valence-electron chi connectivity index (χ0n) is 11.6. The molecule has 1 saturated heterocycles. The van der Waals surface area contributed by atoms with Gasteiger partial charge in [-0.2, -0.15) is 5.10 Å². The molecular weight excluding hydrogens is 270 g/mol. The smallest absolute Gasteiger partial charge is 0.251 e. The van der Waals surface area contributed by atoms with Gasteiger partial charge in [0.2, 0.25) is 0 Å². The first-order valence-corrected chi connectivity index (χ1v) is 7.27. The van der Waals surface area contributed by atoms with Gasteiger partial charge < -0.3 is 15.0 Å². The molecule has 2 aliphatic rings. The summed E-state index contributed by atoms with van der Waals surface area (Å²) < 4.78 is 7.32. The number of amides is 1. The lowest BCUT2D eigenvalue weighted by molar-refractivity contribution is -0.133. The molecule has 2 aromatic heterocycles. The number of fused-ring (bicyclic) bond motifs is 1. The Morgan fingerprint density at radius 1 is 1.38 bits per heavy atom. The van der Waals surface area contributed by atoms with E-state index in [0.717, 1.165) is 30.9 Å². The van der Waals surface area contributed by atoms with Crippen molar-refractivity contribution in [2.45, 2.75) is 25.0 Å². The van der Waals surface area contributed by atoms with Crippen LogP contribution < -0.4 is 10.2 Å². The molecule has 7 nitrogen and oxygen atoms in total. The number of hydrogen-bond acceptors (Lipinski definition) is 5. The average Bonchev–Trinajstić information content (AvgIpc) is 3.20. The number of nitrogens with one attached hydrogen (secondary N) is 1. The summed E-state index contributed by atoms with van der Waals surface area (Å²) >= 11 is 0. The summed E-state index contributed by atoms with van der Waals surface area (Å²) in [5, 5.41) is 7.13. The fourth-order valence-electron chi connectivity index (χ4n) is 2.52. The zero-order valence-corrected chi connectivity index (χ0v) is 11.6. The molecule has 0 radical (unpaired) electrons. The van der Waals surface area contributed by atoms with Crippen LogP contribution in [0.2, 0.25) is 0 Å². The molecule has 0 aromatic carbocycles. The zero-order chi connectivity index (χ0) is 14.2. The van der Waals surface area contributed by atoms with Crippen LogP contribution >= 0.6 is 0 Å². The topological polar surface area (TPSA) is 71.8 Å². The molecule has 1 saturated carbocycles. The number of morpholine rings is 1. The molecule has 1 amide bonds. The number of carbonyl (C=O) groups excluding carboxylic acids is 1. The molecule has 1 aliphatic heterocycles. The van der Waals surface area contributed by atoms with Gasteiger partial charge in [-0.15, -0.1) is 0 Å². The minimum Gasteiger partial charge on any atom is -0.365 e. The summed E-state index contributed by atoms with van der Waals surface area (Å²) in [6.45, 7) is 1.81. The highest BCUT2D eigenvalue weighted by atomic mass is 16.5. The van der Waals surface area contributed by atoms with Gasteiger partial charge in [0.1, 0.15) is 5.82 Å². The van der Waals surface area contributed by atoms with Gasteiger partial charge in [-0.3, -0.25) is 4.79 Å². The molecule has 1 N–H and O–H groups in total. The maximum absolute atomic E-state index is 12.1. The van der Waals surface area contributed by atoms with E-state index in [1.165, 1.54) is 0 Å². The molecule has 3 heterocycles. The van der Waals surface area contributed by atoms with Gasteiger partial charge in [0.15, 0.2) is 11.8 Å². The number of nitrogens with zero attached hydrogens (tertiary/aromatic N) is 4. The Morgan fingerprint density at radius 3 is 3.14 bits per heavy atom. The van der Waals surface area contributed by atoms with Gasteiger partial charge in [-0.1, -0.05) is 0 Å². The highest BCUT2D eigenvalue weighted by Gasteiger charge is 2.31. The first-order valence-electron chi connectivity index (χ1n) is 7.27. The molecule has 1 unspecified atom stereocenters. The van der Waals surface area contributed by atoms with E-state index in [4.69, 9.17) is 4.74 Å². The molecular formula is C14H17N5O2. The van der Waals surface area contributed by atoms with E-state index < -0.39 is 6.10 Å². The van der Waals surface area contributed by atoms with Gasteiger partial charge in [0.25, 0.3) is 5.91 Å². The summed E-state index contributed by atoms with van der Waals surface area (Å²) in [6.07, 6.45) is 5.36. The summed E-state index contributed by atoms with van der Waals surface area (Å²) in [5.41, 5.74) is 0.804. The summed E-state index contributed by atoms with van der Waals surface area (Å²) in [7, 11) is 0. The molecule has 1 atom stereocenters. The monoisotopic (exact) mass is 287 g/mol. The third kappa shape index (κ3) is 2.56. The number of anilines is 1. The van der Waals surface area contributed by atoms with E-state index in [-0.39, 0.29) is 5.91 Å². The summed E-state index contributed by atoms with van der Waals surface area (Å²) in [5.74, 6) is 0.850. The molecule has 110 valence electrons. The Kier molecular flexibility index (Phi) is 2.99. The van der Waals surface area contributed by atoms with E-state index in [1.54, 1.807) is 10.7 Å². The Hall–Kier alpha value is -2.15. The highest BCUT2D eigenvalue weighted by molar-refractivity contribution is 5.82. The minimum absolute atomic E-state index is 0.00682. The predicted molar refractivity (Wildman–Crippen MR) is 76.1 cm³/mol. The van der Waals surface area contributed by atoms with Crippen LogP contribution in [-0.4, -0.2) is 52.3 Å². The van der Waals surface area contributed by atoms with Crippen molar-refractivity contribution in [2.75, 3.05) is 24.6 Å². The second kappa shape index (κ2) is 5.00. The Balaban J connectivity index is 1.49. The van der Waals surface area contributed by atoms with Crippen molar-refractivity contribution in [2.24, 2.45) is 0 Å². The summed E-state index contributed by atoms with van der Waals surface area (Å²) in [6, 6.07) is 4.14. The largest absolute Gasteiger partial charge is 0.365 e. The van der Waals surface area contributed by atoms with Gasteiger partial charge in [0.05, 0.1) is 19.3 Å². The SMILES string of the molecule is O=C(NC1CC1)C1CN(c2ccn3nccc3n2)CCO1. The second-order valence-corrected chi connectivity index (χ2v) is 5.51. The molecule has 21 heavy (non-hydrogen) atoms. The molecule has 2 aromatic rings. The lowest BCUT2D eigenvalue weighted by Gasteiger charge is -2.33. The van der Waals surface area contributed by atoms with E-state index in [2.05, 4.69) is 20.3 Å². The lowest BCUT2D eigenvalue weighted by atomic mass is 10.2. The van der Waals surface area contributed by atoms with E-state index in [9.17, 15) is 4.79 Å². The van der Waals surface area contributed by atoms with Crippen LogP contribution in [0.25, 0.3) is 5.65 Å². The van der Waals surface area contributed by atoms with Gasteiger partial charge >= 0.3 is 0 Å². The van der Waals surface area contributed by atoms with Crippen LogP contribution in [0.1, 0.15) is 12.8 Å². The Labute approximate surface area is 121 Å². The number of rotatable bonds is 3. The molecule has 4 rings (SSSR count). The van der Waals surface area contributed by atoms with Crippen molar-refractivity contribution in [3.8, 4) is 0 Å². The third-order valence-corrected chi connectivity index (χ3v) is 3.85. The standard InChI is InChI=1S/C14H17N5O2/c20-14(16-10-1-2-10)11-9-18(7-8-21-11)12-4-6-19-13(17-12)3-5-15-19/h3-6,10-11H,1-2,7-9H2,(H,16,20). The van der Waals surface area contributed by atoms with E-state index >= 15 is 0 Å². The molecule has 7 heteroatoms. The van der Waals surface area contributed by atoms with Crippen molar-refractivity contribution in [1.29, 1.82) is 0 Å². The maximum Gasteiger partial charge on any atom is 0.251 e. The molecule has 2 fully saturated rings. The second-order valence-electron chi connectivity index (χ2n) is 5.51. The normalized spacial score (nSPS) is 22.5. The minimum atomic E-state index is -0.415. The predicted octanol–water partition coefficient (Wildman–Crippen LogP) is 0.213. The number of hydrogen-bond donors (Lipinski definition) is 1. The van der Waals surface area contributed by atoms with Gasteiger partial charge in [-0.05, 0) is 18.9 Å². The van der Waals surface area contributed by atoms with Crippen LogP contribution in [0, 0.1) is 0 Å². The Morgan fingerprint density at radius 2 is 2.29 bits per heavy atom. The Bertz CT molecular complexity index is 666. The van der Waals surface area contributed by atoms with Crippen LogP contribution in [-0.2, 0) is 9.53 Å². The van der Waals surface area contributed by atoms with Gasteiger partial charge in [-0.25, -0.2) is 9.50 Å². The fraction of sp³-hybridized carbons (Fsp3) is 0.500. The van der Waals surface area contributed by atoms with Crippen molar-refractivity contribution in [3.63, 3.8) is 0 Å². The van der Waals surface area contributed by atoms with Crippen molar-refractivity contribution in [1.82, 2.24) is 19.9 Å². The number of carbonyl (C=O) groups is 1. The number of ether oxygens (including phenoxy) is 1. The first-order chi connectivity index (χ1) is 10.3. The third-order valence-electron chi connectivity index (χ3n) is 3.85. The highest BCUT2D eigenvalue weighted by Crippen LogP contribution is 2.20. The van der Waals surface area contributed by atoms with Crippen molar-refractivity contribution in [3.05, 3.63) is 24.5 Å². The van der Waals surface area contributed by atoms with E-state index in [1.807, 2.05) is 18.3 Å². The van der Waals surface area contributed by atoms with Crippen LogP contribution in [0.5, 0.6) is 0 Å². The molecule has 1 aliphatic carbocycles. The average molecular weight is 287 g/mol. The molecule has 0 bridgehead atoms. The maximum atomic E-state index is 12.1. The van der Waals surface area contributed by atoms with Gasteiger partial charge in [0, 0.05) is 24.8 Å². The lowest BCUT2D eigenvalue weighted by Crippen LogP contribution is -2.50. The van der Waals surface area contributed by atoms with Crippen LogP contribution in [0.15, 0.2) is 24.5 Å². The van der Waals surface area contributed by atoms with E-state index in [0.29, 0.717) is 19.2 Å². The summed E-state index contributed by atoms with van der Waals surface area (Å²) in [4.78, 5) is 18.8. The quantitative estimate of drug-likeness (QED) is 0.874. The van der Waals surface area contributed by atoms with Crippen LogP contribution in [0.4, 0.5) is 5.82 Å². The fourth-order valence-corrected chi connectivity index (χ4v) is 2.52. The number of aromatic nitrogens is 3. The first kappa shape index (κ1) is 12.6. The van der Waals surface area contributed by atoms with Crippen molar-refractivity contribution >= 4 is 17.4 Å².